The number of nitrogens with zero attached hydrogens (tertiary/aromatic N) is 2. The Bertz CT molecular complexity index is 878. The van der Waals surface area contributed by atoms with Gasteiger partial charge < -0.3 is 4.90 Å². The van der Waals surface area contributed by atoms with Crippen molar-refractivity contribution >= 4 is 21.6 Å². The molecule has 0 saturated carbocycles. The molecule has 0 spiro atoms. The molecule has 7 heteroatoms. The molecule has 0 amide bonds. The Hall–Kier alpha value is -1.99. The summed E-state index contributed by atoms with van der Waals surface area (Å²) in [5, 5.41) is 0. The van der Waals surface area contributed by atoms with Gasteiger partial charge in [0.1, 0.15) is 5.70 Å². The van der Waals surface area contributed by atoms with Crippen LogP contribution in [0.25, 0.3) is 0 Å². The first-order chi connectivity index (χ1) is 13.8. The van der Waals surface area contributed by atoms with Crippen LogP contribution >= 0.6 is 0 Å². The third-order valence-electron chi connectivity index (χ3n) is 4.90. The van der Waals surface area contributed by atoms with Crippen molar-refractivity contribution in [3.8, 4) is 0 Å². The summed E-state index contributed by atoms with van der Waals surface area (Å²) in [6.45, 7) is 9.42. The van der Waals surface area contributed by atoms with Gasteiger partial charge in [0.15, 0.2) is 4.91 Å². The predicted octanol–water partition coefficient (Wildman–Crippen LogP) is 3.85. The molecule has 0 bridgehead atoms. The molecule has 29 heavy (non-hydrogen) atoms. The highest BCUT2D eigenvalue weighted by Crippen LogP contribution is 2.33. The van der Waals surface area contributed by atoms with Gasteiger partial charge in [-0.05, 0) is 25.7 Å². The molecule has 1 aliphatic rings. The molecule has 0 aromatic heterocycles. The highest BCUT2D eigenvalue weighted by Gasteiger charge is 2.43. The fraction of sp³-hybridized carbons (Fsp3) is 0.545. The molecular formula is C22H32N2O4S. The average molecular weight is 421 g/mol. The summed E-state index contributed by atoms with van der Waals surface area (Å²) in [6.07, 6.45) is 2.75. The van der Waals surface area contributed by atoms with Gasteiger partial charge in [-0.2, -0.15) is 4.31 Å². The Morgan fingerprint density at radius 2 is 1.17 bits per heavy atom. The Morgan fingerprint density at radius 3 is 1.62 bits per heavy atom. The maximum atomic E-state index is 13.6. The van der Waals surface area contributed by atoms with E-state index in [-0.39, 0.29) is 27.5 Å². The normalized spacial score (nSPS) is 14.5. The van der Waals surface area contributed by atoms with Crippen molar-refractivity contribution in [3.05, 3.63) is 46.0 Å². The molecule has 6 nitrogen and oxygen atoms in total. The molecule has 0 saturated heterocycles. The molecule has 0 N–H and O–H groups in total. The third kappa shape index (κ3) is 4.61. The fourth-order valence-electron chi connectivity index (χ4n) is 3.72. The van der Waals surface area contributed by atoms with E-state index in [0.29, 0.717) is 39.0 Å². The van der Waals surface area contributed by atoms with E-state index in [0.717, 1.165) is 12.8 Å². The predicted molar refractivity (Wildman–Crippen MR) is 115 cm³/mol. The average Bonchev–Trinajstić information content (AvgIpc) is 2.70. The maximum Gasteiger partial charge on any atom is 0.249 e. The molecule has 0 aliphatic heterocycles. The number of fused-ring (bicyclic) bond motifs is 1. The van der Waals surface area contributed by atoms with E-state index in [1.807, 2.05) is 27.7 Å². The lowest BCUT2D eigenvalue weighted by Gasteiger charge is -2.32. The van der Waals surface area contributed by atoms with Crippen molar-refractivity contribution in [2.45, 2.75) is 53.4 Å². The minimum atomic E-state index is -4.10. The quantitative estimate of drug-likeness (QED) is 0.544. The highest BCUT2D eigenvalue weighted by atomic mass is 32.2. The van der Waals surface area contributed by atoms with Crippen LogP contribution in [0.1, 0.15) is 74.1 Å². The van der Waals surface area contributed by atoms with Gasteiger partial charge in [-0.3, -0.25) is 9.59 Å². The van der Waals surface area contributed by atoms with Crippen LogP contribution in [0.3, 0.4) is 0 Å². The van der Waals surface area contributed by atoms with Crippen molar-refractivity contribution in [2.75, 3.05) is 26.2 Å². The van der Waals surface area contributed by atoms with E-state index in [1.165, 1.54) is 10.4 Å². The van der Waals surface area contributed by atoms with E-state index in [1.54, 1.807) is 23.1 Å². The fourth-order valence-corrected chi connectivity index (χ4v) is 5.64. The van der Waals surface area contributed by atoms with E-state index < -0.39 is 15.8 Å². The van der Waals surface area contributed by atoms with Crippen LogP contribution in [0.2, 0.25) is 0 Å². The number of Topliss-reactive ketones (excluding diaryl/α,β-unsaturated/α-hetero) is 2. The number of hydrogen-bond donors (Lipinski definition) is 0. The first kappa shape index (κ1) is 23.3. The minimum Gasteiger partial charge on any atom is -0.367 e. The number of allylic oxidation sites excluding steroid dienone is 2. The standard InChI is InChI=1S/C22H32N2O4S/c1-5-13-23(14-6-2)19-20(25)17-11-9-10-12-18(17)21(26)22(19)29(27,28)24(15-7-3)16-8-4/h9-12H,5-8,13-16H2,1-4H3. The number of carbonyl (C=O) groups excluding carboxylic acids is 2. The zero-order chi connectivity index (χ0) is 21.6. The van der Waals surface area contributed by atoms with E-state index in [9.17, 15) is 18.0 Å². The van der Waals surface area contributed by atoms with Crippen LogP contribution in [0.5, 0.6) is 0 Å². The van der Waals surface area contributed by atoms with Crippen molar-refractivity contribution < 1.29 is 18.0 Å². The number of benzene rings is 1. The van der Waals surface area contributed by atoms with Crippen LogP contribution in [0.4, 0.5) is 0 Å². The molecule has 1 aromatic carbocycles. The summed E-state index contributed by atoms with van der Waals surface area (Å²) in [4.78, 5) is 28.2. The molecule has 0 radical (unpaired) electrons. The number of sulfonamides is 1. The summed E-state index contributed by atoms with van der Waals surface area (Å²) in [5.41, 5.74) is 0.483. The Morgan fingerprint density at radius 1 is 0.724 bits per heavy atom. The SMILES string of the molecule is CCCN(CCC)C1=C(S(=O)(=O)N(CCC)CCC)C(=O)c2ccccc2C1=O. The van der Waals surface area contributed by atoms with Crippen molar-refractivity contribution in [3.63, 3.8) is 0 Å². The van der Waals surface area contributed by atoms with Gasteiger partial charge in [-0.15, -0.1) is 0 Å². The van der Waals surface area contributed by atoms with Gasteiger partial charge in [0.25, 0.3) is 0 Å². The molecule has 0 unspecified atom stereocenters. The van der Waals surface area contributed by atoms with Crippen LogP contribution in [0, 0.1) is 0 Å². The van der Waals surface area contributed by atoms with Crippen LogP contribution in [-0.4, -0.2) is 55.4 Å². The smallest absolute Gasteiger partial charge is 0.249 e. The van der Waals surface area contributed by atoms with Crippen LogP contribution in [-0.2, 0) is 10.0 Å². The number of ketones is 2. The Balaban J connectivity index is 2.78. The molecule has 1 aromatic rings. The second-order valence-electron chi connectivity index (χ2n) is 7.27. The topological polar surface area (TPSA) is 74.8 Å². The lowest BCUT2D eigenvalue weighted by Crippen LogP contribution is -2.42. The second kappa shape index (κ2) is 10.2. The molecule has 1 aliphatic carbocycles. The first-order valence-electron chi connectivity index (χ1n) is 10.5. The Labute approximate surface area is 174 Å². The van der Waals surface area contributed by atoms with E-state index in [2.05, 4.69) is 0 Å². The largest absolute Gasteiger partial charge is 0.367 e. The van der Waals surface area contributed by atoms with Gasteiger partial charge in [0.05, 0.1) is 0 Å². The zero-order valence-corrected chi connectivity index (χ0v) is 18.7. The summed E-state index contributed by atoms with van der Waals surface area (Å²) in [7, 11) is -4.10. The van der Waals surface area contributed by atoms with Crippen molar-refractivity contribution in [1.29, 1.82) is 0 Å². The third-order valence-corrected chi connectivity index (χ3v) is 6.84. The molecule has 0 atom stereocenters. The van der Waals surface area contributed by atoms with Gasteiger partial charge in [0, 0.05) is 37.3 Å². The molecule has 0 fully saturated rings. The highest BCUT2D eigenvalue weighted by molar-refractivity contribution is 7.94. The van der Waals surface area contributed by atoms with E-state index in [4.69, 9.17) is 0 Å². The van der Waals surface area contributed by atoms with Crippen LogP contribution in [0.15, 0.2) is 34.9 Å². The van der Waals surface area contributed by atoms with Gasteiger partial charge in [-0.25, -0.2) is 8.42 Å². The first-order valence-corrected chi connectivity index (χ1v) is 12.0. The minimum absolute atomic E-state index is 0.0367. The molecule has 160 valence electrons. The second-order valence-corrected chi connectivity index (χ2v) is 9.15. The zero-order valence-electron chi connectivity index (χ0n) is 17.9. The number of rotatable bonds is 11. The summed E-state index contributed by atoms with van der Waals surface area (Å²) >= 11 is 0. The summed E-state index contributed by atoms with van der Waals surface area (Å²) in [6, 6.07) is 6.50. The summed E-state index contributed by atoms with van der Waals surface area (Å²) < 4.78 is 28.6. The monoisotopic (exact) mass is 420 g/mol. The molecular weight excluding hydrogens is 388 g/mol. The number of hydrogen-bond acceptors (Lipinski definition) is 5. The van der Waals surface area contributed by atoms with Crippen molar-refractivity contribution in [2.24, 2.45) is 0 Å². The molecule has 0 heterocycles. The maximum absolute atomic E-state index is 13.6. The van der Waals surface area contributed by atoms with Gasteiger partial charge in [-0.1, -0.05) is 52.0 Å². The van der Waals surface area contributed by atoms with Gasteiger partial charge in [0.2, 0.25) is 21.6 Å². The van der Waals surface area contributed by atoms with E-state index >= 15 is 0 Å². The van der Waals surface area contributed by atoms with Gasteiger partial charge >= 0.3 is 0 Å². The summed E-state index contributed by atoms with van der Waals surface area (Å²) in [5.74, 6) is -0.960. The lowest BCUT2D eigenvalue weighted by molar-refractivity contribution is 0.0945. The molecule has 2 rings (SSSR count). The van der Waals surface area contributed by atoms with Crippen LogP contribution < -0.4 is 0 Å². The van der Waals surface area contributed by atoms with Crippen molar-refractivity contribution in [1.82, 2.24) is 9.21 Å². The Kier molecular flexibility index (Phi) is 8.16. The number of carbonyl (C=O) groups is 2. The lowest BCUT2D eigenvalue weighted by atomic mass is 9.91.